The molecule has 0 aliphatic heterocycles. The van der Waals surface area contributed by atoms with Crippen molar-refractivity contribution < 1.29 is 4.74 Å². The first-order valence-corrected chi connectivity index (χ1v) is 5.39. The Morgan fingerprint density at radius 3 is 3.00 bits per heavy atom. The molecule has 0 aromatic carbocycles. The number of ether oxygens (including phenoxy) is 1. The summed E-state index contributed by atoms with van der Waals surface area (Å²) in [6, 6.07) is 0.349. The zero-order valence-corrected chi connectivity index (χ0v) is 9.54. The molecule has 0 amide bonds. The van der Waals surface area contributed by atoms with E-state index in [0.717, 1.165) is 10.9 Å². The normalized spacial score (nSPS) is 13.1. The van der Waals surface area contributed by atoms with E-state index >= 15 is 0 Å². The monoisotopic (exact) mass is 216 g/mol. The molecule has 0 saturated carbocycles. The van der Waals surface area contributed by atoms with Gasteiger partial charge in [-0.2, -0.15) is 5.10 Å². The van der Waals surface area contributed by atoms with Crippen LogP contribution in [0.4, 0.5) is 0 Å². The van der Waals surface area contributed by atoms with Crippen molar-refractivity contribution in [2.24, 2.45) is 7.05 Å². The summed E-state index contributed by atoms with van der Waals surface area (Å²) in [6.45, 7) is 0.710. The average Bonchev–Trinajstić information content (AvgIpc) is 2.59. The van der Waals surface area contributed by atoms with Crippen LogP contribution in [0, 0.1) is 0 Å². The van der Waals surface area contributed by atoms with Crippen molar-refractivity contribution in [1.29, 1.82) is 0 Å². The first-order valence-electron chi connectivity index (χ1n) is 4.41. The molecule has 0 saturated heterocycles. The SMILES string of the molecule is CNC(COC)CSc1ncnn1C. The van der Waals surface area contributed by atoms with Gasteiger partial charge in [0.2, 0.25) is 0 Å². The molecule has 0 radical (unpaired) electrons. The van der Waals surface area contributed by atoms with E-state index in [1.165, 1.54) is 0 Å². The van der Waals surface area contributed by atoms with Gasteiger partial charge >= 0.3 is 0 Å². The van der Waals surface area contributed by atoms with Crippen molar-refractivity contribution >= 4 is 11.8 Å². The van der Waals surface area contributed by atoms with Crippen LogP contribution in [0.15, 0.2) is 11.5 Å². The molecule has 1 rings (SSSR count). The van der Waals surface area contributed by atoms with Crippen LogP contribution < -0.4 is 5.32 Å². The van der Waals surface area contributed by atoms with Gasteiger partial charge < -0.3 is 10.1 Å². The minimum atomic E-state index is 0.349. The van der Waals surface area contributed by atoms with Crippen LogP contribution in [0.2, 0.25) is 0 Å². The Labute approximate surface area is 88.2 Å². The summed E-state index contributed by atoms with van der Waals surface area (Å²) in [5, 5.41) is 8.11. The van der Waals surface area contributed by atoms with E-state index in [9.17, 15) is 0 Å². The molecule has 0 spiro atoms. The molecule has 0 bridgehead atoms. The average molecular weight is 216 g/mol. The topological polar surface area (TPSA) is 52.0 Å². The van der Waals surface area contributed by atoms with Crippen molar-refractivity contribution in [3.05, 3.63) is 6.33 Å². The molecule has 80 valence electrons. The van der Waals surface area contributed by atoms with E-state index in [4.69, 9.17) is 4.74 Å². The Bertz CT molecular complexity index is 266. The lowest BCUT2D eigenvalue weighted by molar-refractivity contribution is 0.177. The third kappa shape index (κ3) is 3.28. The number of thioether (sulfide) groups is 1. The number of aromatic nitrogens is 3. The lowest BCUT2D eigenvalue weighted by Gasteiger charge is -2.13. The fourth-order valence-electron chi connectivity index (χ4n) is 1.01. The summed E-state index contributed by atoms with van der Waals surface area (Å²) in [7, 11) is 5.53. The minimum Gasteiger partial charge on any atom is -0.383 e. The molecule has 14 heavy (non-hydrogen) atoms. The van der Waals surface area contributed by atoms with Gasteiger partial charge in [-0.1, -0.05) is 11.8 Å². The minimum absolute atomic E-state index is 0.349. The van der Waals surface area contributed by atoms with Gasteiger partial charge in [-0.25, -0.2) is 9.67 Å². The third-order valence-electron chi connectivity index (χ3n) is 1.86. The van der Waals surface area contributed by atoms with Crippen LogP contribution >= 0.6 is 11.8 Å². The molecular formula is C8H16N4OS. The van der Waals surface area contributed by atoms with Crippen LogP contribution in [0.3, 0.4) is 0 Å². The highest BCUT2D eigenvalue weighted by molar-refractivity contribution is 7.99. The van der Waals surface area contributed by atoms with Gasteiger partial charge in [0.25, 0.3) is 0 Å². The Kier molecular flexibility index (Phi) is 4.92. The molecule has 1 unspecified atom stereocenters. The Hall–Kier alpha value is -0.590. The number of hydrogen-bond donors (Lipinski definition) is 1. The van der Waals surface area contributed by atoms with Crippen LogP contribution in [0.1, 0.15) is 0 Å². The smallest absolute Gasteiger partial charge is 0.185 e. The zero-order chi connectivity index (χ0) is 10.4. The largest absolute Gasteiger partial charge is 0.383 e. The van der Waals surface area contributed by atoms with Crippen LogP contribution in [-0.2, 0) is 11.8 Å². The highest BCUT2D eigenvalue weighted by atomic mass is 32.2. The van der Waals surface area contributed by atoms with Crippen LogP contribution in [-0.4, -0.2) is 47.3 Å². The van der Waals surface area contributed by atoms with E-state index in [-0.39, 0.29) is 0 Å². The molecule has 1 aromatic rings. The quantitative estimate of drug-likeness (QED) is 0.686. The van der Waals surface area contributed by atoms with E-state index in [2.05, 4.69) is 15.4 Å². The summed E-state index contributed by atoms with van der Waals surface area (Å²) >= 11 is 1.67. The van der Waals surface area contributed by atoms with Crippen molar-refractivity contribution in [2.75, 3.05) is 26.5 Å². The lowest BCUT2D eigenvalue weighted by atomic mass is 10.4. The van der Waals surface area contributed by atoms with Gasteiger partial charge in [0.05, 0.1) is 6.61 Å². The molecule has 6 heteroatoms. The van der Waals surface area contributed by atoms with Gasteiger partial charge in [0.1, 0.15) is 6.33 Å². The maximum atomic E-state index is 5.08. The van der Waals surface area contributed by atoms with Crippen molar-refractivity contribution in [3.8, 4) is 0 Å². The number of aryl methyl sites for hydroxylation is 1. The number of nitrogens with one attached hydrogen (secondary N) is 1. The van der Waals surface area contributed by atoms with Gasteiger partial charge in [-0.15, -0.1) is 0 Å². The molecule has 1 heterocycles. The van der Waals surface area contributed by atoms with E-state index < -0.39 is 0 Å². The molecule has 5 nitrogen and oxygen atoms in total. The fraction of sp³-hybridized carbons (Fsp3) is 0.750. The van der Waals surface area contributed by atoms with Crippen LogP contribution in [0.5, 0.6) is 0 Å². The van der Waals surface area contributed by atoms with E-state index in [1.807, 2.05) is 14.1 Å². The van der Waals surface area contributed by atoms with E-state index in [1.54, 1.807) is 29.9 Å². The van der Waals surface area contributed by atoms with Gasteiger partial charge in [-0.05, 0) is 7.05 Å². The van der Waals surface area contributed by atoms with E-state index in [0.29, 0.717) is 12.6 Å². The second-order valence-electron chi connectivity index (χ2n) is 2.92. The molecule has 0 fully saturated rings. The number of likely N-dealkylation sites (N-methyl/N-ethyl adjacent to an activating group) is 1. The van der Waals surface area contributed by atoms with Crippen molar-refractivity contribution in [2.45, 2.75) is 11.2 Å². The van der Waals surface area contributed by atoms with Gasteiger partial charge in [0.15, 0.2) is 5.16 Å². The Morgan fingerprint density at radius 2 is 2.50 bits per heavy atom. The van der Waals surface area contributed by atoms with Gasteiger partial charge in [-0.3, -0.25) is 0 Å². The number of methoxy groups -OCH3 is 1. The standard InChI is InChI=1S/C8H16N4OS/c1-9-7(4-13-3)5-14-8-10-6-11-12(8)2/h6-7,9H,4-5H2,1-3H3. The molecular weight excluding hydrogens is 200 g/mol. The maximum absolute atomic E-state index is 5.08. The van der Waals surface area contributed by atoms with Crippen molar-refractivity contribution in [3.63, 3.8) is 0 Å². The first-order chi connectivity index (χ1) is 6.77. The molecule has 1 aromatic heterocycles. The summed E-state index contributed by atoms with van der Waals surface area (Å²) < 4.78 is 6.84. The Balaban J connectivity index is 2.35. The predicted octanol–water partition coefficient (Wildman–Crippen LogP) is 0.142. The van der Waals surface area contributed by atoms with Crippen LogP contribution in [0.25, 0.3) is 0 Å². The van der Waals surface area contributed by atoms with Crippen molar-refractivity contribution in [1.82, 2.24) is 20.1 Å². The molecule has 0 aliphatic rings. The first kappa shape index (κ1) is 11.5. The zero-order valence-electron chi connectivity index (χ0n) is 8.73. The number of hydrogen-bond acceptors (Lipinski definition) is 5. The lowest BCUT2D eigenvalue weighted by Crippen LogP contribution is -2.32. The third-order valence-corrected chi connectivity index (χ3v) is 3.06. The second kappa shape index (κ2) is 6.00. The second-order valence-corrected chi connectivity index (χ2v) is 3.91. The van der Waals surface area contributed by atoms with Gasteiger partial charge in [0, 0.05) is 26.0 Å². The summed E-state index contributed by atoms with van der Waals surface area (Å²) in [5.41, 5.74) is 0. The molecule has 0 aliphatic carbocycles. The summed E-state index contributed by atoms with van der Waals surface area (Å²) in [4.78, 5) is 4.13. The highest BCUT2D eigenvalue weighted by Crippen LogP contribution is 2.14. The maximum Gasteiger partial charge on any atom is 0.185 e. The number of rotatable bonds is 6. The number of nitrogens with zero attached hydrogens (tertiary/aromatic N) is 3. The summed E-state index contributed by atoms with van der Waals surface area (Å²) in [5.74, 6) is 0.927. The predicted molar refractivity (Wildman–Crippen MR) is 56.5 cm³/mol. The molecule has 1 atom stereocenters. The Morgan fingerprint density at radius 1 is 1.71 bits per heavy atom. The molecule has 1 N–H and O–H groups in total. The summed E-state index contributed by atoms with van der Waals surface area (Å²) in [6.07, 6.45) is 1.56. The fourth-order valence-corrected chi connectivity index (χ4v) is 1.98. The highest BCUT2D eigenvalue weighted by Gasteiger charge is 2.08.